The first-order chi connectivity index (χ1) is 15.9. The van der Waals surface area contributed by atoms with Gasteiger partial charge in [-0.2, -0.15) is 11.8 Å². The first-order valence-corrected chi connectivity index (χ1v) is 11.6. The molecule has 0 radical (unpaired) electrons. The van der Waals surface area contributed by atoms with Crippen LogP contribution in [0.1, 0.15) is 11.6 Å². The lowest BCUT2D eigenvalue weighted by Crippen LogP contribution is -2.50. The third-order valence-corrected chi connectivity index (χ3v) is 6.15. The van der Waals surface area contributed by atoms with Crippen LogP contribution in [0.3, 0.4) is 0 Å². The molecule has 0 aliphatic rings. The van der Waals surface area contributed by atoms with E-state index < -0.39 is 35.2 Å². The molecule has 0 spiro atoms. The van der Waals surface area contributed by atoms with Crippen LogP contribution in [0.2, 0.25) is 0 Å². The molecule has 0 aliphatic carbocycles. The molecular weight excluding hydrogens is 444 g/mol. The molecule has 0 bridgehead atoms. The van der Waals surface area contributed by atoms with Crippen LogP contribution in [0.5, 0.6) is 0 Å². The van der Waals surface area contributed by atoms with Gasteiger partial charge < -0.3 is 20.4 Å². The van der Waals surface area contributed by atoms with E-state index in [1.165, 1.54) is 11.8 Å². The average Bonchev–Trinajstić information content (AvgIpc) is 3.21. The van der Waals surface area contributed by atoms with E-state index in [4.69, 9.17) is 0 Å². The molecule has 0 aliphatic heterocycles. The summed E-state index contributed by atoms with van der Waals surface area (Å²) < 4.78 is 0.872. The topological polar surface area (TPSA) is 137 Å². The van der Waals surface area contributed by atoms with Gasteiger partial charge in [-0.05, 0) is 30.0 Å². The molecule has 9 nitrogen and oxygen atoms in total. The van der Waals surface area contributed by atoms with Gasteiger partial charge >= 0.3 is 11.7 Å². The predicted molar refractivity (Wildman–Crippen MR) is 128 cm³/mol. The summed E-state index contributed by atoms with van der Waals surface area (Å²) in [5.41, 5.74) is 0.571. The number of hydrogen-bond acceptors (Lipinski definition) is 5. The Balaban J connectivity index is 1.83. The largest absolute Gasteiger partial charge is 0.480 e. The van der Waals surface area contributed by atoms with Crippen LogP contribution >= 0.6 is 11.8 Å². The van der Waals surface area contributed by atoms with E-state index in [2.05, 4.69) is 15.3 Å². The fraction of sp³-hybridized carbons (Fsp3) is 0.217. The first kappa shape index (κ1) is 22.4. The minimum Gasteiger partial charge on any atom is -0.480 e. The van der Waals surface area contributed by atoms with Crippen molar-refractivity contribution in [2.45, 2.75) is 18.5 Å². The number of carbonyl (C=O) groups excluding carboxylic acids is 1. The highest BCUT2D eigenvalue weighted by atomic mass is 32.2. The fourth-order valence-corrected chi connectivity index (χ4v) is 4.44. The van der Waals surface area contributed by atoms with Crippen molar-refractivity contribution < 1.29 is 14.7 Å². The number of nitrogens with one attached hydrogen (secondary N) is 3. The number of para-hydroxylation sites is 2. The molecule has 2 heterocycles. The zero-order valence-corrected chi connectivity index (χ0v) is 18.5. The van der Waals surface area contributed by atoms with Crippen molar-refractivity contribution in [1.82, 2.24) is 19.9 Å². The van der Waals surface area contributed by atoms with E-state index in [0.717, 1.165) is 21.0 Å². The van der Waals surface area contributed by atoms with Gasteiger partial charge in [0.15, 0.2) is 0 Å². The summed E-state index contributed by atoms with van der Waals surface area (Å²) in [7, 11) is 0. The number of thioether (sulfide) groups is 1. The van der Waals surface area contributed by atoms with Crippen molar-refractivity contribution >= 4 is 45.4 Å². The number of aromatic nitrogens is 3. The highest BCUT2D eigenvalue weighted by Crippen LogP contribution is 2.22. The molecule has 2 aromatic heterocycles. The first-order valence-electron chi connectivity index (χ1n) is 10.2. The molecule has 2 aromatic carbocycles. The van der Waals surface area contributed by atoms with E-state index in [1.54, 1.807) is 36.7 Å². The molecule has 2 atom stereocenters. The van der Waals surface area contributed by atoms with Gasteiger partial charge in [0.1, 0.15) is 12.1 Å². The van der Waals surface area contributed by atoms with E-state index in [1.807, 2.05) is 24.3 Å². The molecule has 1 amide bonds. The number of hydrogen-bond donors (Lipinski definition) is 4. The molecule has 4 aromatic rings. The summed E-state index contributed by atoms with van der Waals surface area (Å²) >= 11 is 1.27. The standard InChI is InChI=1S/C23H22N4O5S/c1-33-12-18(22(30)31)25-20(28)19(10-13-11-24-16-8-4-2-6-14(13)16)27-21(29)15-7-3-5-9-17(15)26-23(27)32/h2-9,11,18-19,24H,10,12H2,1H3,(H,25,28)(H,26,32)(H,30,31)/t18-,19+/m0/s1. The van der Waals surface area contributed by atoms with Crippen molar-refractivity contribution in [3.8, 4) is 0 Å². The Kier molecular flexibility index (Phi) is 6.36. The highest BCUT2D eigenvalue weighted by Gasteiger charge is 2.30. The van der Waals surface area contributed by atoms with Gasteiger partial charge in [-0.15, -0.1) is 0 Å². The number of fused-ring (bicyclic) bond motifs is 2. The summed E-state index contributed by atoms with van der Waals surface area (Å²) in [6, 6.07) is 11.6. The Labute approximate surface area is 191 Å². The number of benzene rings is 2. The lowest BCUT2D eigenvalue weighted by molar-refractivity contribution is -0.141. The smallest absolute Gasteiger partial charge is 0.329 e. The van der Waals surface area contributed by atoms with Gasteiger partial charge in [-0.1, -0.05) is 30.3 Å². The van der Waals surface area contributed by atoms with Crippen LogP contribution in [0.25, 0.3) is 21.8 Å². The Morgan fingerprint density at radius 1 is 1.06 bits per heavy atom. The molecule has 4 N–H and O–H groups in total. The van der Waals surface area contributed by atoms with E-state index in [0.29, 0.717) is 5.52 Å². The van der Waals surface area contributed by atoms with Crippen molar-refractivity contribution in [3.05, 3.63) is 81.1 Å². The number of H-pyrrole nitrogens is 2. The number of carboxylic acids is 1. The Bertz CT molecular complexity index is 1450. The number of rotatable bonds is 8. The second-order valence-corrected chi connectivity index (χ2v) is 8.50. The van der Waals surface area contributed by atoms with Crippen molar-refractivity contribution in [1.29, 1.82) is 0 Å². The number of carboxylic acid groups (broad SMARTS) is 1. The van der Waals surface area contributed by atoms with Gasteiger partial charge in [0.25, 0.3) is 5.56 Å². The van der Waals surface area contributed by atoms with Crippen LogP contribution in [-0.2, 0) is 16.0 Å². The van der Waals surface area contributed by atoms with Crippen LogP contribution < -0.4 is 16.6 Å². The van der Waals surface area contributed by atoms with Gasteiger partial charge in [0.2, 0.25) is 5.91 Å². The number of carbonyl (C=O) groups is 2. The molecule has 4 rings (SSSR count). The maximum atomic E-state index is 13.3. The summed E-state index contributed by atoms with van der Waals surface area (Å²) in [5.74, 6) is -1.77. The van der Waals surface area contributed by atoms with Gasteiger partial charge in [-0.25, -0.2) is 14.2 Å². The molecule has 0 unspecified atom stereocenters. The third-order valence-electron chi connectivity index (χ3n) is 5.49. The Morgan fingerprint density at radius 2 is 1.73 bits per heavy atom. The zero-order valence-electron chi connectivity index (χ0n) is 17.7. The molecule has 170 valence electrons. The lowest BCUT2D eigenvalue weighted by Gasteiger charge is -2.21. The molecule has 0 saturated heterocycles. The second kappa shape index (κ2) is 9.37. The molecule has 10 heteroatoms. The van der Waals surface area contributed by atoms with E-state index >= 15 is 0 Å². The normalized spacial score (nSPS) is 13.1. The summed E-state index contributed by atoms with van der Waals surface area (Å²) in [6.45, 7) is 0. The van der Waals surface area contributed by atoms with Crippen LogP contribution in [0.4, 0.5) is 0 Å². The average molecular weight is 467 g/mol. The number of aromatic amines is 2. The number of nitrogens with zero attached hydrogens (tertiary/aromatic N) is 1. The molecule has 0 saturated carbocycles. The number of amides is 1. The van der Waals surface area contributed by atoms with E-state index in [9.17, 15) is 24.3 Å². The van der Waals surface area contributed by atoms with Crippen molar-refractivity contribution in [2.24, 2.45) is 0 Å². The summed E-state index contributed by atoms with van der Waals surface area (Å²) in [4.78, 5) is 56.9. The van der Waals surface area contributed by atoms with Crippen LogP contribution in [0.15, 0.2) is 64.3 Å². The van der Waals surface area contributed by atoms with Gasteiger partial charge in [0, 0.05) is 29.3 Å². The summed E-state index contributed by atoms with van der Waals surface area (Å²) in [6.07, 6.45) is 3.47. The van der Waals surface area contributed by atoms with Crippen LogP contribution in [0, 0.1) is 0 Å². The van der Waals surface area contributed by atoms with E-state index in [-0.39, 0.29) is 17.6 Å². The second-order valence-electron chi connectivity index (χ2n) is 7.59. The third kappa shape index (κ3) is 4.42. The maximum absolute atomic E-state index is 13.3. The van der Waals surface area contributed by atoms with Crippen molar-refractivity contribution in [3.63, 3.8) is 0 Å². The van der Waals surface area contributed by atoms with Crippen molar-refractivity contribution in [2.75, 3.05) is 12.0 Å². The maximum Gasteiger partial charge on any atom is 0.329 e. The minimum atomic E-state index is -1.26. The highest BCUT2D eigenvalue weighted by molar-refractivity contribution is 7.98. The lowest BCUT2D eigenvalue weighted by atomic mass is 10.0. The monoisotopic (exact) mass is 466 g/mol. The zero-order chi connectivity index (χ0) is 23.5. The van der Waals surface area contributed by atoms with Gasteiger partial charge in [0.05, 0.1) is 10.9 Å². The Hall–Kier alpha value is -3.79. The van der Waals surface area contributed by atoms with Gasteiger partial charge in [-0.3, -0.25) is 9.59 Å². The molecular formula is C23H22N4O5S. The quantitative estimate of drug-likeness (QED) is 0.313. The SMILES string of the molecule is CSC[C@H](NC(=O)[C@@H](Cc1c[nH]c2ccccc12)n1c(=O)[nH]c2ccccc2c1=O)C(=O)O. The van der Waals surface area contributed by atoms with Crippen LogP contribution in [-0.4, -0.2) is 49.6 Å². The predicted octanol–water partition coefficient (Wildman–Crippen LogP) is 1.89. The minimum absolute atomic E-state index is 0.0166. The molecule has 0 fully saturated rings. The number of aliphatic carboxylic acids is 1. The Morgan fingerprint density at radius 3 is 2.42 bits per heavy atom. The summed E-state index contributed by atoms with van der Waals surface area (Å²) in [5, 5.41) is 13.1. The fourth-order valence-electron chi connectivity index (χ4n) is 3.88. The molecule has 33 heavy (non-hydrogen) atoms.